The average molecular weight is 376 g/mol. The number of amides is 1. The molecule has 0 bridgehead atoms. The van der Waals surface area contributed by atoms with E-state index in [1.54, 1.807) is 0 Å². The molecule has 0 aliphatic heterocycles. The van der Waals surface area contributed by atoms with Crippen LogP contribution in [-0.4, -0.2) is 31.1 Å². The van der Waals surface area contributed by atoms with E-state index in [-0.39, 0.29) is 23.0 Å². The van der Waals surface area contributed by atoms with Crippen molar-refractivity contribution in [2.75, 3.05) is 18.9 Å². The Hall–Kier alpha value is -1.61. The molecule has 25 heavy (non-hydrogen) atoms. The second kappa shape index (κ2) is 6.28. The van der Waals surface area contributed by atoms with E-state index in [1.165, 1.54) is 0 Å². The predicted octanol–water partition coefficient (Wildman–Crippen LogP) is 2.92. The van der Waals surface area contributed by atoms with Gasteiger partial charge < -0.3 is 16.2 Å². The van der Waals surface area contributed by atoms with Crippen molar-refractivity contribution in [1.82, 2.24) is 0 Å². The third-order valence-electron chi connectivity index (χ3n) is 4.84. The first kappa shape index (κ1) is 18.2. The minimum absolute atomic E-state index is 0.171. The molecule has 1 fully saturated rings. The van der Waals surface area contributed by atoms with Gasteiger partial charge in [0.2, 0.25) is 0 Å². The van der Waals surface area contributed by atoms with Gasteiger partial charge in [-0.05, 0) is 30.7 Å². The van der Waals surface area contributed by atoms with E-state index in [0.717, 1.165) is 24.2 Å². The van der Waals surface area contributed by atoms with Crippen molar-refractivity contribution in [2.24, 2.45) is 17.1 Å². The number of fused-ring (bicyclic) bond motifs is 1. The quantitative estimate of drug-likeness (QED) is 0.798. The highest BCUT2D eigenvalue weighted by Gasteiger charge is 2.48. The van der Waals surface area contributed by atoms with Crippen molar-refractivity contribution in [2.45, 2.75) is 38.3 Å². The van der Waals surface area contributed by atoms with Crippen molar-refractivity contribution in [3.8, 4) is 0 Å². The lowest BCUT2D eigenvalue weighted by Gasteiger charge is -2.35. The fraction of sp³-hybridized carbons (Fsp3) is 0.625. The summed E-state index contributed by atoms with van der Waals surface area (Å²) in [6.45, 7) is -1.65. The molecule has 1 unspecified atom stereocenters. The smallest absolute Gasteiger partial charge is 0.390 e. The molecule has 0 aromatic carbocycles. The maximum atomic E-state index is 13.1. The van der Waals surface area contributed by atoms with Gasteiger partial charge in [0.25, 0.3) is 5.91 Å². The number of carbonyl (C=O) groups excluding carboxylic acids is 2. The topological polar surface area (TPSA) is 95.4 Å². The summed E-state index contributed by atoms with van der Waals surface area (Å²) in [4.78, 5) is 25.0. The molecule has 2 aliphatic carbocycles. The van der Waals surface area contributed by atoms with Gasteiger partial charge in [-0.1, -0.05) is 12.8 Å². The Morgan fingerprint density at radius 1 is 1.36 bits per heavy atom. The molecule has 1 aromatic heterocycles. The third kappa shape index (κ3) is 3.67. The number of primary amides is 1. The van der Waals surface area contributed by atoms with E-state index in [1.807, 2.05) is 0 Å². The van der Waals surface area contributed by atoms with Crippen molar-refractivity contribution in [1.29, 1.82) is 0 Å². The minimum atomic E-state index is -4.43. The Morgan fingerprint density at radius 2 is 2.04 bits per heavy atom. The largest absolute Gasteiger partial charge is 0.411 e. The molecule has 1 atom stereocenters. The van der Waals surface area contributed by atoms with Gasteiger partial charge >= 0.3 is 6.18 Å². The number of nitrogen functional groups attached to an aromatic ring is 1. The molecule has 0 saturated heterocycles. The van der Waals surface area contributed by atoms with Crippen LogP contribution in [0, 0.1) is 11.3 Å². The van der Waals surface area contributed by atoms with Crippen molar-refractivity contribution >= 4 is 28.0 Å². The van der Waals surface area contributed by atoms with Crippen molar-refractivity contribution < 1.29 is 27.5 Å². The molecule has 1 amide bonds. The summed E-state index contributed by atoms with van der Waals surface area (Å²) in [5.41, 5.74) is 10.9. The third-order valence-corrected chi connectivity index (χ3v) is 5.90. The SMILES string of the molecule is NC(=O)c1c(N)sc2c1CCC(COCC(F)(F)F)(CC1CC1)C2=O. The zero-order valence-corrected chi connectivity index (χ0v) is 14.3. The predicted molar refractivity (Wildman–Crippen MR) is 86.5 cm³/mol. The number of hydrogen-bond acceptors (Lipinski definition) is 5. The second-order valence-corrected chi connectivity index (χ2v) is 7.93. The molecule has 0 radical (unpaired) electrons. The van der Waals surface area contributed by atoms with Crippen LogP contribution in [0.25, 0.3) is 0 Å². The fourth-order valence-electron chi connectivity index (χ4n) is 3.52. The van der Waals surface area contributed by atoms with Gasteiger partial charge in [0.15, 0.2) is 5.78 Å². The van der Waals surface area contributed by atoms with Crippen LogP contribution >= 0.6 is 11.3 Å². The van der Waals surface area contributed by atoms with Crippen LogP contribution in [0.15, 0.2) is 0 Å². The monoisotopic (exact) mass is 376 g/mol. The van der Waals surface area contributed by atoms with E-state index in [2.05, 4.69) is 0 Å². The Balaban J connectivity index is 1.88. The molecule has 1 saturated carbocycles. The van der Waals surface area contributed by atoms with Crippen LogP contribution in [0.1, 0.15) is 51.3 Å². The number of ether oxygens (including phenoxy) is 1. The number of anilines is 1. The summed E-state index contributed by atoms with van der Waals surface area (Å²) in [6, 6.07) is 0. The molecule has 2 aliphatic rings. The Bertz CT molecular complexity index is 712. The Kier molecular flexibility index (Phi) is 4.57. The first-order valence-electron chi connectivity index (χ1n) is 8.03. The number of hydrogen-bond donors (Lipinski definition) is 2. The highest BCUT2D eigenvalue weighted by Crippen LogP contribution is 2.49. The summed E-state index contributed by atoms with van der Waals surface area (Å²) < 4.78 is 42.1. The van der Waals surface area contributed by atoms with Gasteiger partial charge in [-0.25, -0.2) is 0 Å². The molecule has 1 heterocycles. The number of rotatable bonds is 6. The lowest BCUT2D eigenvalue weighted by atomic mass is 9.70. The van der Waals surface area contributed by atoms with Gasteiger partial charge in [0.05, 0.1) is 27.5 Å². The van der Waals surface area contributed by atoms with E-state index in [9.17, 15) is 22.8 Å². The molecule has 9 heteroatoms. The highest BCUT2D eigenvalue weighted by molar-refractivity contribution is 7.18. The summed E-state index contributed by atoms with van der Waals surface area (Å²) in [6.07, 6.45) is -1.26. The van der Waals surface area contributed by atoms with Crippen molar-refractivity contribution in [3.63, 3.8) is 0 Å². The second-order valence-electron chi connectivity index (χ2n) is 6.88. The molecule has 138 valence electrons. The molecular weight excluding hydrogens is 357 g/mol. The number of halogens is 3. The van der Waals surface area contributed by atoms with Gasteiger partial charge in [-0.3, -0.25) is 9.59 Å². The first-order chi connectivity index (χ1) is 11.6. The number of ketones is 1. The molecule has 4 N–H and O–H groups in total. The number of alkyl halides is 3. The molecule has 3 rings (SSSR count). The van der Waals surface area contributed by atoms with Gasteiger partial charge in [0, 0.05) is 0 Å². The van der Waals surface area contributed by atoms with Crippen LogP contribution < -0.4 is 11.5 Å². The van der Waals surface area contributed by atoms with Crippen LogP contribution in [0.4, 0.5) is 18.2 Å². The Labute approximate surface area is 146 Å². The van der Waals surface area contributed by atoms with E-state index < -0.39 is 24.1 Å². The number of thiophene rings is 1. The van der Waals surface area contributed by atoms with E-state index in [0.29, 0.717) is 35.6 Å². The normalized spacial score (nSPS) is 23.6. The molecule has 0 spiro atoms. The van der Waals surface area contributed by atoms with Gasteiger partial charge in [-0.15, -0.1) is 11.3 Å². The zero-order chi connectivity index (χ0) is 18.4. The van der Waals surface area contributed by atoms with Gasteiger partial charge in [-0.2, -0.15) is 13.2 Å². The lowest BCUT2D eigenvalue weighted by molar-refractivity contribution is -0.179. The van der Waals surface area contributed by atoms with Crippen LogP contribution in [-0.2, 0) is 11.2 Å². The summed E-state index contributed by atoms with van der Waals surface area (Å²) >= 11 is 0.992. The van der Waals surface area contributed by atoms with Crippen LogP contribution in [0.3, 0.4) is 0 Å². The molecule has 5 nitrogen and oxygen atoms in total. The summed E-state index contributed by atoms with van der Waals surface area (Å²) in [5, 5.41) is 0.185. The summed E-state index contributed by atoms with van der Waals surface area (Å²) in [5.74, 6) is -0.620. The van der Waals surface area contributed by atoms with Crippen LogP contribution in [0.5, 0.6) is 0 Å². The standard InChI is InChI=1S/C16H19F3N2O3S/c17-16(18,19)7-24-6-15(5-8-1-2-8)4-3-9-10(13(20)23)14(21)25-11(9)12(15)22/h8H,1-7,21H2,(H2,20,23). The maximum absolute atomic E-state index is 13.1. The number of carbonyl (C=O) groups is 2. The van der Waals surface area contributed by atoms with E-state index >= 15 is 0 Å². The van der Waals surface area contributed by atoms with E-state index in [4.69, 9.17) is 16.2 Å². The average Bonchev–Trinajstić information content (AvgIpc) is 3.22. The Morgan fingerprint density at radius 3 is 2.60 bits per heavy atom. The maximum Gasteiger partial charge on any atom is 0.411 e. The van der Waals surface area contributed by atoms with Crippen molar-refractivity contribution in [3.05, 3.63) is 16.0 Å². The highest BCUT2D eigenvalue weighted by atomic mass is 32.1. The number of Topliss-reactive ketones (excluding diaryl/α,β-unsaturated/α-hetero) is 1. The fourth-order valence-corrected chi connectivity index (χ4v) is 4.71. The van der Waals surface area contributed by atoms with Gasteiger partial charge in [0.1, 0.15) is 6.61 Å². The molecular formula is C16H19F3N2O3S. The minimum Gasteiger partial charge on any atom is -0.390 e. The lowest BCUT2D eigenvalue weighted by Crippen LogP contribution is -2.41. The molecule has 1 aromatic rings. The zero-order valence-electron chi connectivity index (χ0n) is 13.4. The number of nitrogens with two attached hydrogens (primary N) is 2. The summed E-state index contributed by atoms with van der Waals surface area (Å²) in [7, 11) is 0. The van der Waals surface area contributed by atoms with Crippen LogP contribution in [0.2, 0.25) is 0 Å². The first-order valence-corrected chi connectivity index (χ1v) is 8.85.